The van der Waals surface area contributed by atoms with Crippen LogP contribution in [0.3, 0.4) is 0 Å². The predicted molar refractivity (Wildman–Crippen MR) is 73.2 cm³/mol. The number of halogens is 2. The van der Waals surface area contributed by atoms with Crippen LogP contribution in [0.5, 0.6) is 0 Å². The van der Waals surface area contributed by atoms with E-state index in [0.29, 0.717) is 16.1 Å². The van der Waals surface area contributed by atoms with Gasteiger partial charge in [0, 0.05) is 19.3 Å². The Hall–Kier alpha value is -0.510. The van der Waals surface area contributed by atoms with Crippen molar-refractivity contribution in [3.05, 3.63) is 22.3 Å². The van der Waals surface area contributed by atoms with Crippen LogP contribution in [-0.2, 0) is 0 Å². The molecule has 1 aromatic rings. The highest BCUT2D eigenvalue weighted by Crippen LogP contribution is 2.28. The van der Waals surface area contributed by atoms with Gasteiger partial charge in [0.05, 0.1) is 10.0 Å². The van der Waals surface area contributed by atoms with Gasteiger partial charge in [0.25, 0.3) is 0 Å². The molecule has 1 N–H and O–H groups in total. The topological polar surface area (TPSA) is 28.2 Å². The van der Waals surface area contributed by atoms with E-state index in [0.717, 1.165) is 25.3 Å². The number of hydrogen-bond donors (Lipinski definition) is 1. The average molecular weight is 274 g/mol. The highest BCUT2D eigenvalue weighted by molar-refractivity contribution is 6.36. The molecule has 0 saturated carbocycles. The molecule has 3 nitrogen and oxygen atoms in total. The van der Waals surface area contributed by atoms with Gasteiger partial charge in [0.15, 0.2) is 0 Å². The molecule has 2 rings (SSSR count). The molecule has 0 aliphatic carbocycles. The van der Waals surface area contributed by atoms with Crippen LogP contribution in [0.2, 0.25) is 10.0 Å². The Balaban J connectivity index is 2.14. The van der Waals surface area contributed by atoms with Gasteiger partial charge in [0.2, 0.25) is 0 Å². The Morgan fingerprint density at radius 3 is 2.94 bits per heavy atom. The van der Waals surface area contributed by atoms with Crippen LogP contribution in [0, 0.1) is 0 Å². The van der Waals surface area contributed by atoms with Gasteiger partial charge < -0.3 is 10.2 Å². The summed E-state index contributed by atoms with van der Waals surface area (Å²) in [5.74, 6) is 0.822. The van der Waals surface area contributed by atoms with Gasteiger partial charge >= 0.3 is 0 Å². The predicted octanol–water partition coefficient (Wildman–Crippen LogP) is 2.97. The van der Waals surface area contributed by atoms with Crippen molar-refractivity contribution in [3.63, 3.8) is 0 Å². The first-order valence-corrected chi connectivity index (χ1v) is 6.68. The first-order chi connectivity index (χ1) is 8.18. The summed E-state index contributed by atoms with van der Waals surface area (Å²) in [6.45, 7) is 2.16. The molecule has 17 heavy (non-hydrogen) atoms. The molecule has 1 atom stereocenters. The Bertz CT molecular complexity index is 376. The number of anilines is 1. The molecule has 1 aromatic heterocycles. The van der Waals surface area contributed by atoms with Crippen molar-refractivity contribution in [1.82, 2.24) is 10.3 Å². The molecule has 1 fully saturated rings. The minimum Gasteiger partial charge on any atom is -0.355 e. The molecule has 1 unspecified atom stereocenters. The third-order valence-corrected chi connectivity index (χ3v) is 3.70. The standard InChI is InChI=1S/C12H17Cl2N3/c1-17(10-3-2-5-15-6-4-10)12-11(14)7-9(13)8-16-12/h7-8,10,15H,2-6H2,1H3. The lowest BCUT2D eigenvalue weighted by molar-refractivity contribution is 0.563. The summed E-state index contributed by atoms with van der Waals surface area (Å²) in [5.41, 5.74) is 0. The van der Waals surface area contributed by atoms with Crippen molar-refractivity contribution >= 4 is 29.0 Å². The lowest BCUT2D eigenvalue weighted by Gasteiger charge is -2.28. The molecule has 1 aliphatic rings. The largest absolute Gasteiger partial charge is 0.355 e. The summed E-state index contributed by atoms with van der Waals surface area (Å²) < 4.78 is 0. The maximum Gasteiger partial charge on any atom is 0.147 e. The third-order valence-electron chi connectivity index (χ3n) is 3.22. The SMILES string of the molecule is CN(c1ncc(Cl)cc1Cl)C1CCCNCC1. The van der Waals surface area contributed by atoms with Crippen LogP contribution in [0.15, 0.2) is 12.3 Å². The molecule has 0 spiro atoms. The van der Waals surface area contributed by atoms with Gasteiger partial charge in [-0.15, -0.1) is 0 Å². The van der Waals surface area contributed by atoms with Crippen LogP contribution in [-0.4, -0.2) is 31.2 Å². The highest BCUT2D eigenvalue weighted by Gasteiger charge is 2.19. The van der Waals surface area contributed by atoms with Crippen LogP contribution >= 0.6 is 23.2 Å². The molecule has 0 bridgehead atoms. The first kappa shape index (κ1) is 12.9. The Kier molecular flexibility index (Phi) is 4.48. The Labute approximate surface area is 112 Å². The summed E-state index contributed by atoms with van der Waals surface area (Å²) in [6.07, 6.45) is 5.13. The molecule has 0 radical (unpaired) electrons. The number of hydrogen-bond acceptors (Lipinski definition) is 3. The second kappa shape index (κ2) is 5.89. The molecule has 0 aromatic carbocycles. The zero-order chi connectivity index (χ0) is 12.3. The van der Waals surface area contributed by atoms with Gasteiger partial charge in [0.1, 0.15) is 5.82 Å². The lowest BCUT2D eigenvalue weighted by atomic mass is 10.1. The fraction of sp³-hybridized carbons (Fsp3) is 0.583. The first-order valence-electron chi connectivity index (χ1n) is 5.93. The minimum atomic E-state index is 0.496. The second-order valence-electron chi connectivity index (χ2n) is 4.40. The number of rotatable bonds is 2. The Morgan fingerprint density at radius 2 is 2.18 bits per heavy atom. The van der Waals surface area contributed by atoms with E-state index in [1.165, 1.54) is 12.8 Å². The Morgan fingerprint density at radius 1 is 1.35 bits per heavy atom. The van der Waals surface area contributed by atoms with Gasteiger partial charge in [-0.1, -0.05) is 23.2 Å². The molecule has 1 aliphatic heterocycles. The van der Waals surface area contributed by atoms with Gasteiger partial charge in [-0.2, -0.15) is 0 Å². The molecular weight excluding hydrogens is 257 g/mol. The van der Waals surface area contributed by atoms with E-state index in [2.05, 4.69) is 22.2 Å². The summed E-state index contributed by atoms with van der Waals surface area (Å²) >= 11 is 12.0. The van der Waals surface area contributed by atoms with E-state index in [-0.39, 0.29) is 0 Å². The van der Waals surface area contributed by atoms with E-state index in [1.807, 2.05) is 0 Å². The smallest absolute Gasteiger partial charge is 0.147 e. The number of nitrogens with one attached hydrogen (secondary N) is 1. The van der Waals surface area contributed by atoms with Crippen molar-refractivity contribution < 1.29 is 0 Å². The summed E-state index contributed by atoms with van der Waals surface area (Å²) in [6, 6.07) is 2.24. The molecule has 2 heterocycles. The van der Waals surface area contributed by atoms with Gasteiger partial charge in [-0.3, -0.25) is 0 Å². The molecule has 5 heteroatoms. The number of aromatic nitrogens is 1. The van der Waals surface area contributed by atoms with Crippen molar-refractivity contribution in [2.24, 2.45) is 0 Å². The van der Waals surface area contributed by atoms with E-state index in [1.54, 1.807) is 12.3 Å². The molecule has 1 saturated heterocycles. The molecule has 0 amide bonds. The van der Waals surface area contributed by atoms with Crippen LogP contribution in [0.25, 0.3) is 0 Å². The van der Waals surface area contributed by atoms with Gasteiger partial charge in [-0.25, -0.2) is 4.98 Å². The maximum absolute atomic E-state index is 6.18. The molecular formula is C12H17Cl2N3. The fourth-order valence-electron chi connectivity index (χ4n) is 2.23. The summed E-state index contributed by atoms with van der Waals surface area (Å²) in [4.78, 5) is 6.50. The van der Waals surface area contributed by atoms with E-state index >= 15 is 0 Å². The quantitative estimate of drug-likeness (QED) is 0.898. The van der Waals surface area contributed by atoms with Crippen molar-refractivity contribution in [1.29, 1.82) is 0 Å². The van der Waals surface area contributed by atoms with Crippen molar-refractivity contribution in [2.75, 3.05) is 25.0 Å². The van der Waals surface area contributed by atoms with Crippen LogP contribution in [0.4, 0.5) is 5.82 Å². The zero-order valence-electron chi connectivity index (χ0n) is 9.92. The third kappa shape index (κ3) is 3.24. The average Bonchev–Trinajstić information content (AvgIpc) is 2.56. The van der Waals surface area contributed by atoms with E-state index in [9.17, 15) is 0 Å². The minimum absolute atomic E-state index is 0.496. The zero-order valence-corrected chi connectivity index (χ0v) is 11.4. The maximum atomic E-state index is 6.18. The molecule has 94 valence electrons. The van der Waals surface area contributed by atoms with E-state index in [4.69, 9.17) is 23.2 Å². The van der Waals surface area contributed by atoms with Crippen molar-refractivity contribution in [2.45, 2.75) is 25.3 Å². The summed E-state index contributed by atoms with van der Waals surface area (Å²) in [5, 5.41) is 4.61. The summed E-state index contributed by atoms with van der Waals surface area (Å²) in [7, 11) is 2.05. The van der Waals surface area contributed by atoms with Crippen molar-refractivity contribution in [3.8, 4) is 0 Å². The van der Waals surface area contributed by atoms with E-state index < -0.39 is 0 Å². The second-order valence-corrected chi connectivity index (χ2v) is 5.25. The number of nitrogens with zero attached hydrogens (tertiary/aromatic N) is 2. The highest BCUT2D eigenvalue weighted by atomic mass is 35.5. The number of pyridine rings is 1. The van der Waals surface area contributed by atoms with Gasteiger partial charge in [-0.05, 0) is 38.4 Å². The van der Waals surface area contributed by atoms with Crippen LogP contribution in [0.1, 0.15) is 19.3 Å². The monoisotopic (exact) mass is 273 g/mol. The fourth-order valence-corrected chi connectivity index (χ4v) is 2.74. The van der Waals surface area contributed by atoms with Crippen LogP contribution < -0.4 is 10.2 Å². The lowest BCUT2D eigenvalue weighted by Crippen LogP contribution is -2.33. The normalized spacial score (nSPS) is 21.0.